The van der Waals surface area contributed by atoms with Crippen molar-refractivity contribution in [3.05, 3.63) is 22.7 Å². The van der Waals surface area contributed by atoms with E-state index in [0.717, 1.165) is 32.1 Å². The lowest BCUT2D eigenvalue weighted by Gasteiger charge is -2.32. The molecule has 29 heavy (non-hydrogen) atoms. The molecule has 1 aliphatic carbocycles. The van der Waals surface area contributed by atoms with Gasteiger partial charge >= 0.3 is 0 Å². The topological polar surface area (TPSA) is 67.9 Å². The zero-order chi connectivity index (χ0) is 21.0. The molecule has 1 heterocycles. The Kier molecular flexibility index (Phi) is 7.28. The van der Waals surface area contributed by atoms with Gasteiger partial charge in [-0.3, -0.25) is 9.59 Å². The molecule has 3 rings (SSSR count). The number of benzene rings is 1. The zero-order valence-electron chi connectivity index (χ0n) is 17.5. The van der Waals surface area contributed by atoms with E-state index < -0.39 is 0 Å². The van der Waals surface area contributed by atoms with Gasteiger partial charge in [-0.25, -0.2) is 0 Å². The van der Waals surface area contributed by atoms with E-state index in [2.05, 4.69) is 19.2 Å². The second-order valence-corrected chi connectivity index (χ2v) is 8.80. The van der Waals surface area contributed by atoms with Gasteiger partial charge in [-0.2, -0.15) is 0 Å². The second-order valence-electron chi connectivity index (χ2n) is 8.39. The third kappa shape index (κ3) is 5.78. The molecule has 1 aromatic rings. The van der Waals surface area contributed by atoms with Gasteiger partial charge in [0.25, 0.3) is 5.91 Å². The number of amides is 2. The number of hydrogen-bond acceptors (Lipinski definition) is 4. The Bertz CT molecular complexity index is 749. The summed E-state index contributed by atoms with van der Waals surface area (Å²) < 4.78 is 11.2. The fraction of sp³-hybridized carbons (Fsp3) is 0.636. The number of nitrogens with one attached hydrogen (secondary N) is 1. The molecule has 7 heteroatoms. The summed E-state index contributed by atoms with van der Waals surface area (Å²) in [5.74, 6) is 1.21. The number of nitrogens with zero attached hydrogens (tertiary/aromatic N) is 1. The average Bonchev–Trinajstić information content (AvgIpc) is 3.52. The minimum Gasteiger partial charge on any atom is -0.493 e. The maximum Gasteiger partial charge on any atom is 0.254 e. The smallest absolute Gasteiger partial charge is 0.254 e. The molecule has 1 saturated carbocycles. The molecule has 1 N–H and O–H groups in total. The number of halogens is 1. The van der Waals surface area contributed by atoms with Crippen molar-refractivity contribution in [1.29, 1.82) is 0 Å². The Labute approximate surface area is 177 Å². The highest BCUT2D eigenvalue weighted by Crippen LogP contribution is 2.37. The molecule has 0 spiro atoms. The highest BCUT2D eigenvalue weighted by atomic mass is 35.5. The number of methoxy groups -OCH3 is 1. The maximum atomic E-state index is 13.1. The molecule has 0 radical (unpaired) electrons. The fourth-order valence-electron chi connectivity index (χ4n) is 3.48. The van der Waals surface area contributed by atoms with Crippen LogP contribution in [-0.2, 0) is 4.79 Å². The van der Waals surface area contributed by atoms with Crippen LogP contribution in [0.4, 0.5) is 0 Å². The molecule has 1 aromatic carbocycles. The van der Waals surface area contributed by atoms with Crippen LogP contribution in [0, 0.1) is 11.8 Å². The van der Waals surface area contributed by atoms with Gasteiger partial charge in [-0.1, -0.05) is 25.4 Å². The molecule has 1 atom stereocenters. The van der Waals surface area contributed by atoms with Crippen molar-refractivity contribution in [2.75, 3.05) is 26.8 Å². The van der Waals surface area contributed by atoms with Crippen LogP contribution in [0.3, 0.4) is 0 Å². The molecular formula is C22H31ClN2O4. The molecule has 2 aliphatic rings. The number of rotatable bonds is 8. The first-order valence-corrected chi connectivity index (χ1v) is 10.9. The summed E-state index contributed by atoms with van der Waals surface area (Å²) >= 11 is 6.42. The van der Waals surface area contributed by atoms with Crippen molar-refractivity contribution >= 4 is 23.4 Å². The first-order chi connectivity index (χ1) is 13.9. The predicted molar refractivity (Wildman–Crippen MR) is 113 cm³/mol. The molecule has 1 saturated heterocycles. The summed E-state index contributed by atoms with van der Waals surface area (Å²) in [5, 5.41) is 3.41. The Morgan fingerprint density at radius 1 is 1.28 bits per heavy atom. The van der Waals surface area contributed by atoms with Crippen LogP contribution in [0.1, 0.15) is 56.3 Å². The largest absolute Gasteiger partial charge is 0.493 e. The van der Waals surface area contributed by atoms with Crippen molar-refractivity contribution in [2.45, 2.75) is 52.0 Å². The van der Waals surface area contributed by atoms with Gasteiger partial charge in [-0.05, 0) is 50.2 Å². The Hall–Kier alpha value is -1.95. The van der Waals surface area contributed by atoms with Crippen LogP contribution in [0.25, 0.3) is 0 Å². The van der Waals surface area contributed by atoms with Gasteiger partial charge in [-0.15, -0.1) is 0 Å². The van der Waals surface area contributed by atoms with Crippen LogP contribution in [-0.4, -0.2) is 49.6 Å². The van der Waals surface area contributed by atoms with Gasteiger partial charge in [0.05, 0.1) is 24.7 Å². The molecule has 2 amide bonds. The van der Waals surface area contributed by atoms with Gasteiger partial charge < -0.3 is 19.7 Å². The van der Waals surface area contributed by atoms with Crippen LogP contribution < -0.4 is 14.8 Å². The van der Waals surface area contributed by atoms with Crippen LogP contribution in [0.15, 0.2) is 12.1 Å². The van der Waals surface area contributed by atoms with Gasteiger partial charge in [0.2, 0.25) is 5.91 Å². The summed E-state index contributed by atoms with van der Waals surface area (Å²) in [7, 11) is 1.54. The van der Waals surface area contributed by atoms with Crippen molar-refractivity contribution < 1.29 is 19.1 Å². The zero-order valence-corrected chi connectivity index (χ0v) is 18.3. The molecule has 1 aliphatic heterocycles. The van der Waals surface area contributed by atoms with E-state index in [4.69, 9.17) is 21.1 Å². The van der Waals surface area contributed by atoms with Crippen molar-refractivity contribution in [3.8, 4) is 11.5 Å². The minimum atomic E-state index is -0.149. The summed E-state index contributed by atoms with van der Waals surface area (Å²) in [6.07, 6.45) is 4.65. The number of hydrogen-bond donors (Lipinski definition) is 1. The third-order valence-electron chi connectivity index (χ3n) is 5.42. The van der Waals surface area contributed by atoms with Gasteiger partial charge in [0, 0.05) is 24.7 Å². The van der Waals surface area contributed by atoms with E-state index in [1.807, 2.05) is 0 Å². The van der Waals surface area contributed by atoms with E-state index in [9.17, 15) is 9.59 Å². The molecule has 0 aromatic heterocycles. The van der Waals surface area contributed by atoms with E-state index in [1.165, 1.54) is 7.11 Å². The third-order valence-corrected chi connectivity index (χ3v) is 5.70. The van der Waals surface area contributed by atoms with E-state index in [0.29, 0.717) is 53.7 Å². The van der Waals surface area contributed by atoms with Crippen molar-refractivity contribution in [2.24, 2.45) is 11.8 Å². The van der Waals surface area contributed by atoms with Crippen molar-refractivity contribution in [1.82, 2.24) is 10.2 Å². The van der Waals surface area contributed by atoms with Crippen LogP contribution in [0.5, 0.6) is 11.5 Å². The van der Waals surface area contributed by atoms with E-state index in [1.54, 1.807) is 17.0 Å². The monoisotopic (exact) mass is 422 g/mol. The number of carbonyl (C=O) groups is 2. The van der Waals surface area contributed by atoms with E-state index >= 15 is 0 Å². The number of likely N-dealkylation sites (tertiary alicyclic amines) is 1. The number of piperidine rings is 1. The molecule has 6 nitrogen and oxygen atoms in total. The van der Waals surface area contributed by atoms with Crippen LogP contribution in [0.2, 0.25) is 5.02 Å². The molecule has 1 unspecified atom stereocenters. The highest BCUT2D eigenvalue weighted by Gasteiger charge is 2.32. The minimum absolute atomic E-state index is 0.0644. The lowest BCUT2D eigenvalue weighted by molar-refractivity contribution is -0.126. The maximum absolute atomic E-state index is 13.1. The van der Waals surface area contributed by atoms with Crippen LogP contribution >= 0.6 is 11.6 Å². The Morgan fingerprint density at radius 3 is 2.69 bits per heavy atom. The SMILES string of the molecule is COc1cc(C(=O)N2CCCC(C(=O)NC3CC3)C2)cc(Cl)c1OCCC(C)C. The first kappa shape index (κ1) is 21.8. The number of carbonyl (C=O) groups excluding carboxylic acids is 2. The average molecular weight is 423 g/mol. The van der Waals surface area contributed by atoms with E-state index in [-0.39, 0.29) is 17.7 Å². The molecule has 0 bridgehead atoms. The number of ether oxygens (including phenoxy) is 2. The Morgan fingerprint density at radius 2 is 2.03 bits per heavy atom. The fourth-order valence-corrected chi connectivity index (χ4v) is 3.75. The molecule has 160 valence electrons. The van der Waals surface area contributed by atoms with Gasteiger partial charge in [0.15, 0.2) is 11.5 Å². The second kappa shape index (κ2) is 9.70. The standard InChI is InChI=1S/C22H31ClN2O4/c1-14(2)8-10-29-20-18(23)11-16(12-19(20)28-3)22(27)25-9-4-5-15(13-25)21(26)24-17-6-7-17/h11-12,14-15,17H,4-10,13H2,1-3H3,(H,24,26). The molecule has 2 fully saturated rings. The quantitative estimate of drug-likeness (QED) is 0.689. The highest BCUT2D eigenvalue weighted by molar-refractivity contribution is 6.32. The predicted octanol–water partition coefficient (Wildman–Crippen LogP) is 3.90. The Balaban J connectivity index is 1.69. The van der Waals surface area contributed by atoms with Gasteiger partial charge in [0.1, 0.15) is 0 Å². The lowest BCUT2D eigenvalue weighted by atomic mass is 9.96. The van der Waals surface area contributed by atoms with Crippen molar-refractivity contribution in [3.63, 3.8) is 0 Å². The summed E-state index contributed by atoms with van der Waals surface area (Å²) in [4.78, 5) is 27.2. The summed E-state index contributed by atoms with van der Waals surface area (Å²) in [6, 6.07) is 3.64. The first-order valence-electron chi connectivity index (χ1n) is 10.5. The lowest BCUT2D eigenvalue weighted by Crippen LogP contribution is -2.45. The summed E-state index contributed by atoms with van der Waals surface area (Å²) in [5.41, 5.74) is 0.450. The molecular weight excluding hydrogens is 392 g/mol. The summed E-state index contributed by atoms with van der Waals surface area (Å²) in [6.45, 7) is 5.86. The normalized spacial score (nSPS) is 19.2.